The summed E-state index contributed by atoms with van der Waals surface area (Å²) in [6, 6.07) is 8.07. The van der Waals surface area contributed by atoms with Gasteiger partial charge >= 0.3 is 0 Å². The van der Waals surface area contributed by atoms with Gasteiger partial charge in [0.25, 0.3) is 0 Å². The van der Waals surface area contributed by atoms with E-state index >= 15 is 0 Å². The Hall–Kier alpha value is -1.06. The highest BCUT2D eigenvalue weighted by atomic mass is 35.5. The fourth-order valence-corrected chi connectivity index (χ4v) is 2.41. The zero-order valence-electron chi connectivity index (χ0n) is 9.03. The van der Waals surface area contributed by atoms with Crippen LogP contribution < -0.4 is 5.32 Å². The molecule has 0 saturated carbocycles. The number of hydrogen-bond donors (Lipinski definition) is 1. The van der Waals surface area contributed by atoms with Crippen LogP contribution in [-0.2, 0) is 12.4 Å². The van der Waals surface area contributed by atoms with Gasteiger partial charge in [0.1, 0.15) is 5.01 Å². The lowest BCUT2D eigenvalue weighted by atomic mass is 10.2. The first-order chi connectivity index (χ1) is 7.79. The summed E-state index contributed by atoms with van der Waals surface area (Å²) in [5, 5.41) is 6.52. The van der Waals surface area contributed by atoms with Crippen LogP contribution in [0.5, 0.6) is 0 Å². The highest BCUT2D eigenvalue weighted by Gasteiger charge is 2.02. The molecule has 0 radical (unpaired) electrons. The van der Waals surface area contributed by atoms with Crippen molar-refractivity contribution in [2.75, 3.05) is 5.32 Å². The third-order valence-corrected chi connectivity index (χ3v) is 3.51. The number of halogens is 1. The number of aromatic nitrogens is 1. The first-order valence-corrected chi connectivity index (χ1v) is 6.50. The molecule has 2 rings (SSSR count). The Morgan fingerprint density at radius 2 is 2.19 bits per heavy atom. The summed E-state index contributed by atoms with van der Waals surface area (Å²) < 4.78 is 0. The van der Waals surface area contributed by atoms with Crippen molar-refractivity contribution in [3.05, 3.63) is 45.9 Å². The molecule has 0 aliphatic carbocycles. The summed E-state index contributed by atoms with van der Waals surface area (Å²) in [6.45, 7) is 2.76. The summed E-state index contributed by atoms with van der Waals surface area (Å²) in [5.74, 6) is 0.528. The average molecular weight is 253 g/mol. The molecule has 0 saturated heterocycles. The molecule has 4 heteroatoms. The summed E-state index contributed by atoms with van der Waals surface area (Å²) in [4.78, 5) is 4.40. The van der Waals surface area contributed by atoms with Gasteiger partial charge in [-0.25, -0.2) is 4.98 Å². The largest absolute Gasteiger partial charge is 0.378 e. The van der Waals surface area contributed by atoms with Gasteiger partial charge in [-0.3, -0.25) is 0 Å². The van der Waals surface area contributed by atoms with Gasteiger partial charge in [0.15, 0.2) is 0 Å². The lowest BCUT2D eigenvalue weighted by Gasteiger charge is -2.08. The summed E-state index contributed by atoms with van der Waals surface area (Å²) >= 11 is 7.54. The van der Waals surface area contributed by atoms with Crippen molar-refractivity contribution >= 4 is 28.6 Å². The molecule has 2 nitrogen and oxygen atoms in total. The molecular formula is C12H13ClN2S. The van der Waals surface area contributed by atoms with Crippen LogP contribution in [-0.4, -0.2) is 4.98 Å². The molecule has 0 spiro atoms. The van der Waals surface area contributed by atoms with E-state index in [2.05, 4.69) is 15.7 Å². The molecular weight excluding hydrogens is 240 g/mol. The topological polar surface area (TPSA) is 24.9 Å². The number of benzene rings is 1. The van der Waals surface area contributed by atoms with Gasteiger partial charge in [-0.15, -0.1) is 22.9 Å². The molecule has 16 heavy (non-hydrogen) atoms. The predicted octanol–water partition coefficient (Wildman–Crippen LogP) is 3.80. The van der Waals surface area contributed by atoms with Crippen molar-refractivity contribution in [2.24, 2.45) is 0 Å². The van der Waals surface area contributed by atoms with Crippen LogP contribution in [0, 0.1) is 6.92 Å². The molecule has 1 N–H and O–H groups in total. The van der Waals surface area contributed by atoms with E-state index in [1.165, 1.54) is 0 Å². The quantitative estimate of drug-likeness (QED) is 0.838. The number of nitrogens with zero attached hydrogens (tertiary/aromatic N) is 1. The molecule has 1 aromatic heterocycles. The standard InChI is InChI=1S/C12H13ClN2S/c1-9-8-16-12(15-9)7-14-11-5-3-2-4-10(11)6-13/h2-5,8,14H,6-7H2,1H3. The third kappa shape index (κ3) is 2.74. The SMILES string of the molecule is Cc1csc(CNc2ccccc2CCl)n1. The molecule has 0 unspecified atom stereocenters. The van der Waals surface area contributed by atoms with Crippen LogP contribution in [0.15, 0.2) is 29.6 Å². The molecule has 0 fully saturated rings. The second-order valence-electron chi connectivity index (χ2n) is 3.53. The van der Waals surface area contributed by atoms with Crippen LogP contribution in [0.25, 0.3) is 0 Å². The van der Waals surface area contributed by atoms with Gasteiger partial charge in [-0.05, 0) is 18.6 Å². The number of nitrogens with one attached hydrogen (secondary N) is 1. The van der Waals surface area contributed by atoms with E-state index < -0.39 is 0 Å². The van der Waals surface area contributed by atoms with Gasteiger partial charge in [0.2, 0.25) is 0 Å². The van der Waals surface area contributed by atoms with Gasteiger partial charge in [-0.1, -0.05) is 18.2 Å². The molecule has 84 valence electrons. The van der Waals surface area contributed by atoms with Crippen molar-refractivity contribution in [1.82, 2.24) is 4.98 Å². The molecule has 0 aliphatic rings. The summed E-state index contributed by atoms with van der Waals surface area (Å²) in [6.07, 6.45) is 0. The maximum absolute atomic E-state index is 5.86. The fourth-order valence-electron chi connectivity index (χ4n) is 1.46. The monoisotopic (exact) mass is 252 g/mol. The fraction of sp³-hybridized carbons (Fsp3) is 0.250. The maximum Gasteiger partial charge on any atom is 0.112 e. The summed E-state index contributed by atoms with van der Waals surface area (Å²) in [7, 11) is 0. The molecule has 1 aromatic carbocycles. The molecule has 0 aliphatic heterocycles. The zero-order valence-corrected chi connectivity index (χ0v) is 10.6. The van der Waals surface area contributed by atoms with E-state index in [9.17, 15) is 0 Å². The van der Waals surface area contributed by atoms with Crippen molar-refractivity contribution in [1.29, 1.82) is 0 Å². The van der Waals surface area contributed by atoms with E-state index in [1.54, 1.807) is 11.3 Å². The number of anilines is 1. The first-order valence-electron chi connectivity index (χ1n) is 5.08. The minimum Gasteiger partial charge on any atom is -0.378 e. The van der Waals surface area contributed by atoms with E-state index in [4.69, 9.17) is 11.6 Å². The van der Waals surface area contributed by atoms with E-state index in [0.717, 1.165) is 28.5 Å². The zero-order chi connectivity index (χ0) is 11.4. The average Bonchev–Trinajstić information content (AvgIpc) is 2.73. The van der Waals surface area contributed by atoms with Crippen LogP contribution in [0.4, 0.5) is 5.69 Å². The lowest BCUT2D eigenvalue weighted by molar-refractivity contribution is 1.07. The van der Waals surface area contributed by atoms with Gasteiger partial charge in [-0.2, -0.15) is 0 Å². The number of thiazole rings is 1. The smallest absolute Gasteiger partial charge is 0.112 e. The highest BCUT2D eigenvalue weighted by molar-refractivity contribution is 7.09. The Morgan fingerprint density at radius 3 is 2.88 bits per heavy atom. The lowest BCUT2D eigenvalue weighted by Crippen LogP contribution is -2.01. The second-order valence-corrected chi connectivity index (χ2v) is 4.74. The second kappa shape index (κ2) is 5.32. The van der Waals surface area contributed by atoms with Crippen LogP contribution in [0.1, 0.15) is 16.3 Å². The molecule has 1 heterocycles. The minimum absolute atomic E-state index is 0.528. The highest BCUT2D eigenvalue weighted by Crippen LogP contribution is 2.18. The van der Waals surface area contributed by atoms with Crippen molar-refractivity contribution in [2.45, 2.75) is 19.3 Å². The number of alkyl halides is 1. The maximum atomic E-state index is 5.86. The van der Waals surface area contributed by atoms with Crippen LogP contribution in [0.2, 0.25) is 0 Å². The predicted molar refractivity (Wildman–Crippen MR) is 70.2 cm³/mol. The normalized spacial score (nSPS) is 10.4. The Morgan fingerprint density at radius 1 is 1.38 bits per heavy atom. The Labute approximate surface area is 104 Å². The van der Waals surface area contributed by atoms with Crippen LogP contribution in [0.3, 0.4) is 0 Å². The number of para-hydroxylation sites is 1. The van der Waals surface area contributed by atoms with Gasteiger partial charge in [0, 0.05) is 22.6 Å². The number of rotatable bonds is 4. The molecule has 0 amide bonds. The Bertz CT molecular complexity index is 468. The van der Waals surface area contributed by atoms with Crippen molar-refractivity contribution in [3.8, 4) is 0 Å². The van der Waals surface area contributed by atoms with Crippen LogP contribution >= 0.6 is 22.9 Å². The van der Waals surface area contributed by atoms with Gasteiger partial charge < -0.3 is 5.32 Å². The Balaban J connectivity index is 2.04. The minimum atomic E-state index is 0.528. The number of hydrogen-bond acceptors (Lipinski definition) is 3. The van der Waals surface area contributed by atoms with Crippen molar-refractivity contribution < 1.29 is 0 Å². The summed E-state index contributed by atoms with van der Waals surface area (Å²) in [5.41, 5.74) is 3.29. The van der Waals surface area contributed by atoms with E-state index in [0.29, 0.717) is 5.88 Å². The van der Waals surface area contributed by atoms with E-state index in [1.807, 2.05) is 31.2 Å². The molecule has 0 atom stereocenters. The van der Waals surface area contributed by atoms with E-state index in [-0.39, 0.29) is 0 Å². The molecule has 0 bridgehead atoms. The third-order valence-electron chi connectivity index (χ3n) is 2.26. The van der Waals surface area contributed by atoms with Crippen molar-refractivity contribution in [3.63, 3.8) is 0 Å². The number of aryl methyl sites for hydroxylation is 1. The van der Waals surface area contributed by atoms with Gasteiger partial charge in [0.05, 0.1) is 6.54 Å². The first kappa shape index (κ1) is 11.4. The Kier molecular flexibility index (Phi) is 3.80. The molecule has 2 aromatic rings.